The second kappa shape index (κ2) is 6.12. The standard InChI is InChI=1S/C17H19N3O2S/c1-10-6-7-23-15(10)9-20-17-14(8-18-20)11(2)13(12(3)19-17)4-5-16(21)22/h6-8H,4-5,9H2,1-3H3,(H,21,22). The maximum atomic E-state index is 10.8. The van der Waals surface area contributed by atoms with Gasteiger partial charge in [0.15, 0.2) is 5.65 Å². The molecule has 0 spiro atoms. The average molecular weight is 329 g/mol. The third-order valence-electron chi connectivity index (χ3n) is 4.23. The second-order valence-corrected chi connectivity index (χ2v) is 6.76. The van der Waals surface area contributed by atoms with Crippen LogP contribution in [0.1, 0.15) is 33.7 Å². The van der Waals surface area contributed by atoms with Crippen molar-refractivity contribution in [1.29, 1.82) is 0 Å². The summed E-state index contributed by atoms with van der Waals surface area (Å²) in [7, 11) is 0. The van der Waals surface area contributed by atoms with Crippen molar-refractivity contribution >= 4 is 28.3 Å². The van der Waals surface area contributed by atoms with E-state index >= 15 is 0 Å². The molecule has 3 rings (SSSR count). The molecule has 0 saturated carbocycles. The third-order valence-corrected chi connectivity index (χ3v) is 5.24. The van der Waals surface area contributed by atoms with Gasteiger partial charge in [-0.2, -0.15) is 5.10 Å². The van der Waals surface area contributed by atoms with E-state index in [1.807, 2.05) is 24.7 Å². The van der Waals surface area contributed by atoms with Crippen LogP contribution in [0.3, 0.4) is 0 Å². The molecule has 0 bridgehead atoms. The molecular weight excluding hydrogens is 310 g/mol. The molecule has 0 saturated heterocycles. The average Bonchev–Trinajstić information content (AvgIpc) is 3.06. The van der Waals surface area contributed by atoms with Crippen molar-refractivity contribution in [3.8, 4) is 0 Å². The zero-order valence-electron chi connectivity index (χ0n) is 13.5. The minimum Gasteiger partial charge on any atom is -0.481 e. The summed E-state index contributed by atoms with van der Waals surface area (Å²) in [5, 5.41) is 16.5. The van der Waals surface area contributed by atoms with Gasteiger partial charge in [0.25, 0.3) is 0 Å². The lowest BCUT2D eigenvalue weighted by Crippen LogP contribution is -2.06. The van der Waals surface area contributed by atoms with E-state index in [-0.39, 0.29) is 6.42 Å². The Kier molecular flexibility index (Phi) is 4.17. The van der Waals surface area contributed by atoms with Crippen molar-refractivity contribution in [2.24, 2.45) is 0 Å². The van der Waals surface area contributed by atoms with E-state index < -0.39 is 5.97 Å². The van der Waals surface area contributed by atoms with E-state index in [0.717, 1.165) is 27.9 Å². The van der Waals surface area contributed by atoms with Gasteiger partial charge < -0.3 is 5.11 Å². The number of aliphatic carboxylic acids is 1. The number of aryl methyl sites for hydroxylation is 3. The molecule has 0 fully saturated rings. The minimum absolute atomic E-state index is 0.122. The van der Waals surface area contributed by atoms with Crippen LogP contribution in [0.5, 0.6) is 0 Å². The second-order valence-electron chi connectivity index (χ2n) is 5.76. The summed E-state index contributed by atoms with van der Waals surface area (Å²) in [6, 6.07) is 2.11. The molecule has 6 heteroatoms. The van der Waals surface area contributed by atoms with Crippen LogP contribution < -0.4 is 0 Å². The van der Waals surface area contributed by atoms with Crippen molar-refractivity contribution in [2.45, 2.75) is 40.2 Å². The highest BCUT2D eigenvalue weighted by Gasteiger charge is 2.15. The normalized spacial score (nSPS) is 11.3. The Morgan fingerprint density at radius 3 is 2.78 bits per heavy atom. The van der Waals surface area contributed by atoms with E-state index in [0.29, 0.717) is 13.0 Å². The number of carboxylic acids is 1. The number of aromatic nitrogens is 3. The summed E-state index contributed by atoms with van der Waals surface area (Å²) in [6.45, 7) is 6.78. The highest BCUT2D eigenvalue weighted by atomic mass is 32.1. The predicted octanol–water partition coefficient (Wildman–Crippen LogP) is 3.48. The number of hydrogen-bond acceptors (Lipinski definition) is 4. The molecule has 0 unspecified atom stereocenters. The van der Waals surface area contributed by atoms with Crippen molar-refractivity contribution in [1.82, 2.24) is 14.8 Å². The van der Waals surface area contributed by atoms with Crippen molar-refractivity contribution in [3.63, 3.8) is 0 Å². The number of hydrogen-bond donors (Lipinski definition) is 1. The first-order valence-electron chi connectivity index (χ1n) is 7.53. The third kappa shape index (κ3) is 2.99. The van der Waals surface area contributed by atoms with Crippen LogP contribution in [-0.2, 0) is 17.8 Å². The van der Waals surface area contributed by atoms with E-state index in [1.165, 1.54) is 10.4 Å². The highest BCUT2D eigenvalue weighted by molar-refractivity contribution is 7.10. The number of nitrogens with zero attached hydrogens (tertiary/aromatic N) is 3. The van der Waals surface area contributed by atoms with Crippen LogP contribution in [0, 0.1) is 20.8 Å². The molecule has 5 nitrogen and oxygen atoms in total. The van der Waals surface area contributed by atoms with Gasteiger partial charge in [-0.3, -0.25) is 4.79 Å². The maximum absolute atomic E-state index is 10.8. The summed E-state index contributed by atoms with van der Waals surface area (Å²) in [5.41, 5.74) is 5.13. The number of pyridine rings is 1. The Morgan fingerprint density at radius 1 is 1.35 bits per heavy atom. The SMILES string of the molecule is Cc1ccsc1Cn1ncc2c(C)c(CCC(=O)O)c(C)nc21. The Labute approximate surface area is 138 Å². The van der Waals surface area contributed by atoms with Crippen LogP contribution in [0.15, 0.2) is 17.6 Å². The molecule has 23 heavy (non-hydrogen) atoms. The minimum atomic E-state index is -0.784. The molecule has 1 N–H and O–H groups in total. The van der Waals surface area contributed by atoms with E-state index in [9.17, 15) is 4.79 Å². The number of carbonyl (C=O) groups is 1. The van der Waals surface area contributed by atoms with E-state index in [1.54, 1.807) is 11.3 Å². The molecule has 0 aliphatic heterocycles. The van der Waals surface area contributed by atoms with Gasteiger partial charge in [-0.25, -0.2) is 9.67 Å². The van der Waals surface area contributed by atoms with Crippen molar-refractivity contribution in [3.05, 3.63) is 44.9 Å². The van der Waals surface area contributed by atoms with Gasteiger partial charge in [0, 0.05) is 22.4 Å². The smallest absolute Gasteiger partial charge is 0.303 e. The van der Waals surface area contributed by atoms with Crippen molar-refractivity contribution in [2.75, 3.05) is 0 Å². The number of thiophene rings is 1. The molecule has 0 aliphatic carbocycles. The number of rotatable bonds is 5. The van der Waals surface area contributed by atoms with Gasteiger partial charge in [0.05, 0.1) is 12.7 Å². The topological polar surface area (TPSA) is 68.0 Å². The zero-order valence-corrected chi connectivity index (χ0v) is 14.3. The molecule has 0 amide bonds. The van der Waals surface area contributed by atoms with Crippen LogP contribution in [0.4, 0.5) is 0 Å². The fraction of sp³-hybridized carbons (Fsp3) is 0.353. The first-order valence-corrected chi connectivity index (χ1v) is 8.41. The Balaban J connectivity index is 2.01. The van der Waals surface area contributed by atoms with Gasteiger partial charge in [-0.15, -0.1) is 11.3 Å². The molecular formula is C17H19N3O2S. The quantitative estimate of drug-likeness (QED) is 0.778. The maximum Gasteiger partial charge on any atom is 0.303 e. The monoisotopic (exact) mass is 329 g/mol. The van der Waals surface area contributed by atoms with Gasteiger partial charge in [-0.05, 0) is 55.3 Å². The summed E-state index contributed by atoms with van der Waals surface area (Å²) in [4.78, 5) is 16.8. The molecule has 3 aromatic heterocycles. The van der Waals surface area contributed by atoms with Crippen molar-refractivity contribution < 1.29 is 9.90 Å². The molecule has 0 atom stereocenters. The molecule has 0 aromatic carbocycles. The number of carboxylic acid groups (broad SMARTS) is 1. The van der Waals surface area contributed by atoms with Crippen LogP contribution in [0.2, 0.25) is 0 Å². The number of fused-ring (bicyclic) bond motifs is 1. The Hall–Kier alpha value is -2.21. The van der Waals surface area contributed by atoms with Gasteiger partial charge >= 0.3 is 5.97 Å². The zero-order chi connectivity index (χ0) is 16.6. The van der Waals surface area contributed by atoms with Crippen LogP contribution >= 0.6 is 11.3 Å². The summed E-state index contributed by atoms with van der Waals surface area (Å²) >= 11 is 1.73. The van der Waals surface area contributed by atoms with Gasteiger partial charge in [0.2, 0.25) is 0 Å². The molecule has 0 radical (unpaired) electrons. The lowest BCUT2D eigenvalue weighted by molar-refractivity contribution is -0.136. The van der Waals surface area contributed by atoms with Crippen LogP contribution in [-0.4, -0.2) is 25.8 Å². The van der Waals surface area contributed by atoms with E-state index in [2.05, 4.69) is 23.5 Å². The van der Waals surface area contributed by atoms with E-state index in [4.69, 9.17) is 10.1 Å². The largest absolute Gasteiger partial charge is 0.481 e. The predicted molar refractivity (Wildman–Crippen MR) is 91.1 cm³/mol. The summed E-state index contributed by atoms with van der Waals surface area (Å²) in [6.07, 6.45) is 2.47. The fourth-order valence-electron chi connectivity index (χ4n) is 2.84. The Bertz CT molecular complexity index is 879. The van der Waals surface area contributed by atoms with Gasteiger partial charge in [0.1, 0.15) is 0 Å². The highest BCUT2D eigenvalue weighted by Crippen LogP contribution is 2.25. The lowest BCUT2D eigenvalue weighted by atomic mass is 10.0. The molecule has 3 aromatic rings. The fourth-order valence-corrected chi connectivity index (χ4v) is 3.73. The summed E-state index contributed by atoms with van der Waals surface area (Å²) < 4.78 is 1.93. The molecule has 3 heterocycles. The lowest BCUT2D eigenvalue weighted by Gasteiger charge is -2.10. The Morgan fingerprint density at radius 2 is 2.13 bits per heavy atom. The van der Waals surface area contributed by atoms with Gasteiger partial charge in [-0.1, -0.05) is 0 Å². The summed E-state index contributed by atoms with van der Waals surface area (Å²) in [5.74, 6) is -0.784. The molecule has 0 aliphatic rings. The first-order chi connectivity index (χ1) is 11.0. The first kappa shape index (κ1) is 15.7. The molecule has 120 valence electrons. The van der Waals surface area contributed by atoms with Crippen LogP contribution in [0.25, 0.3) is 11.0 Å².